The van der Waals surface area contributed by atoms with Crippen LogP contribution in [0.1, 0.15) is 25.0 Å². The average molecular weight is 302 g/mol. The molecule has 0 aliphatic rings. The Morgan fingerprint density at radius 3 is 2.71 bits per heavy atom. The van der Waals surface area contributed by atoms with Crippen molar-refractivity contribution in [3.05, 3.63) is 27.7 Å². The summed E-state index contributed by atoms with van der Waals surface area (Å²) in [6.07, 6.45) is 0.793. The van der Waals surface area contributed by atoms with Gasteiger partial charge in [0.05, 0.1) is 0 Å². The van der Waals surface area contributed by atoms with Crippen LogP contribution in [-0.2, 0) is 11.2 Å². The van der Waals surface area contributed by atoms with Crippen molar-refractivity contribution >= 4 is 15.9 Å². The van der Waals surface area contributed by atoms with Gasteiger partial charge in [-0.25, -0.2) is 0 Å². The monoisotopic (exact) mass is 301 g/mol. The van der Waals surface area contributed by atoms with E-state index in [9.17, 15) is 0 Å². The fourth-order valence-corrected chi connectivity index (χ4v) is 2.31. The van der Waals surface area contributed by atoms with Crippen molar-refractivity contribution in [1.82, 2.24) is 0 Å². The van der Waals surface area contributed by atoms with Gasteiger partial charge in [-0.15, -0.1) is 0 Å². The highest BCUT2D eigenvalue weighted by atomic mass is 79.9. The van der Waals surface area contributed by atoms with E-state index < -0.39 is 0 Å². The standard InChI is InChI=1S/C13H20BrNO2/c1-4-16-8-17-13-9(2)5-12(14)7-11(13)6-10(3)15/h5,7,10H,4,6,8,15H2,1-3H3. The van der Waals surface area contributed by atoms with E-state index in [-0.39, 0.29) is 12.8 Å². The fourth-order valence-electron chi connectivity index (χ4n) is 1.69. The molecule has 0 amide bonds. The van der Waals surface area contributed by atoms with Crippen molar-refractivity contribution in [2.24, 2.45) is 5.73 Å². The van der Waals surface area contributed by atoms with Gasteiger partial charge in [0.25, 0.3) is 0 Å². The second-order valence-corrected chi connectivity index (χ2v) is 5.06. The van der Waals surface area contributed by atoms with Crippen molar-refractivity contribution in [2.75, 3.05) is 13.4 Å². The predicted octanol–water partition coefficient (Wildman–Crippen LogP) is 3.02. The van der Waals surface area contributed by atoms with Crippen LogP contribution < -0.4 is 10.5 Å². The lowest BCUT2D eigenvalue weighted by Crippen LogP contribution is -2.19. The number of rotatable bonds is 6. The summed E-state index contributed by atoms with van der Waals surface area (Å²) in [5.41, 5.74) is 8.06. The van der Waals surface area contributed by atoms with Crippen LogP contribution >= 0.6 is 15.9 Å². The second kappa shape index (κ2) is 6.99. The molecule has 1 unspecified atom stereocenters. The summed E-state index contributed by atoms with van der Waals surface area (Å²) < 4.78 is 11.9. The first-order chi connectivity index (χ1) is 8.04. The zero-order chi connectivity index (χ0) is 12.8. The molecule has 0 spiro atoms. The van der Waals surface area contributed by atoms with Gasteiger partial charge in [-0.05, 0) is 50.5 Å². The van der Waals surface area contributed by atoms with Gasteiger partial charge in [-0.2, -0.15) is 0 Å². The fraction of sp³-hybridized carbons (Fsp3) is 0.538. The summed E-state index contributed by atoms with van der Waals surface area (Å²) in [6, 6.07) is 4.20. The van der Waals surface area contributed by atoms with Crippen molar-refractivity contribution in [3.63, 3.8) is 0 Å². The van der Waals surface area contributed by atoms with Gasteiger partial charge in [-0.3, -0.25) is 0 Å². The Hall–Kier alpha value is -0.580. The first-order valence-electron chi connectivity index (χ1n) is 5.79. The summed E-state index contributed by atoms with van der Waals surface area (Å²) in [5, 5.41) is 0. The number of hydrogen-bond acceptors (Lipinski definition) is 3. The van der Waals surface area contributed by atoms with E-state index in [1.165, 1.54) is 0 Å². The number of ether oxygens (including phenoxy) is 2. The first kappa shape index (κ1) is 14.5. The van der Waals surface area contributed by atoms with Crippen molar-refractivity contribution in [1.29, 1.82) is 0 Å². The normalized spacial score (nSPS) is 12.5. The number of aryl methyl sites for hydroxylation is 1. The molecule has 0 aliphatic carbocycles. The maximum Gasteiger partial charge on any atom is 0.189 e. The minimum Gasteiger partial charge on any atom is -0.467 e. The molecular weight excluding hydrogens is 282 g/mol. The topological polar surface area (TPSA) is 44.5 Å². The summed E-state index contributed by atoms with van der Waals surface area (Å²) in [7, 11) is 0. The quantitative estimate of drug-likeness (QED) is 0.649. The Bertz CT molecular complexity index is 367. The minimum atomic E-state index is 0.109. The lowest BCUT2D eigenvalue weighted by molar-refractivity contribution is 0.0214. The molecule has 1 rings (SSSR count). The Kier molecular flexibility index (Phi) is 5.95. The lowest BCUT2D eigenvalue weighted by Gasteiger charge is -2.16. The van der Waals surface area contributed by atoms with Crippen LogP contribution in [0.5, 0.6) is 5.75 Å². The van der Waals surface area contributed by atoms with Crippen LogP contribution in [0.2, 0.25) is 0 Å². The van der Waals surface area contributed by atoms with Crippen molar-refractivity contribution in [3.8, 4) is 5.75 Å². The highest BCUT2D eigenvalue weighted by Crippen LogP contribution is 2.29. The van der Waals surface area contributed by atoms with Gasteiger partial charge in [0.1, 0.15) is 5.75 Å². The molecule has 0 aromatic heterocycles. The van der Waals surface area contributed by atoms with Gasteiger partial charge in [0.2, 0.25) is 0 Å². The number of benzene rings is 1. The Balaban J connectivity index is 2.90. The van der Waals surface area contributed by atoms with Crippen LogP contribution in [-0.4, -0.2) is 19.4 Å². The van der Waals surface area contributed by atoms with Gasteiger partial charge in [0, 0.05) is 17.1 Å². The van der Waals surface area contributed by atoms with E-state index in [1.54, 1.807) is 0 Å². The third kappa shape index (κ3) is 4.66. The van der Waals surface area contributed by atoms with Crippen LogP contribution in [0, 0.1) is 6.92 Å². The Morgan fingerprint density at radius 1 is 1.41 bits per heavy atom. The second-order valence-electron chi connectivity index (χ2n) is 4.15. The average Bonchev–Trinajstić information content (AvgIpc) is 2.21. The van der Waals surface area contributed by atoms with Gasteiger partial charge in [-0.1, -0.05) is 15.9 Å². The largest absolute Gasteiger partial charge is 0.467 e. The Morgan fingerprint density at radius 2 is 2.12 bits per heavy atom. The van der Waals surface area contributed by atoms with Crippen molar-refractivity contribution in [2.45, 2.75) is 33.2 Å². The predicted molar refractivity (Wildman–Crippen MR) is 73.4 cm³/mol. The highest BCUT2D eigenvalue weighted by molar-refractivity contribution is 9.10. The van der Waals surface area contributed by atoms with E-state index in [0.717, 1.165) is 27.8 Å². The molecule has 0 radical (unpaired) electrons. The maximum absolute atomic E-state index is 5.85. The van der Waals surface area contributed by atoms with Crippen LogP contribution in [0.25, 0.3) is 0 Å². The molecular formula is C13H20BrNO2. The molecule has 2 N–H and O–H groups in total. The molecule has 1 atom stereocenters. The van der Waals surface area contributed by atoms with E-state index in [0.29, 0.717) is 6.61 Å². The molecule has 0 fully saturated rings. The van der Waals surface area contributed by atoms with Crippen LogP contribution in [0.3, 0.4) is 0 Å². The third-order valence-corrected chi connectivity index (χ3v) is 2.81. The smallest absolute Gasteiger partial charge is 0.189 e. The number of nitrogens with two attached hydrogens (primary N) is 1. The zero-order valence-corrected chi connectivity index (χ0v) is 12.2. The molecule has 0 bridgehead atoms. The molecule has 0 aliphatic heterocycles. The van der Waals surface area contributed by atoms with Crippen LogP contribution in [0.15, 0.2) is 16.6 Å². The minimum absolute atomic E-state index is 0.109. The summed E-state index contributed by atoms with van der Waals surface area (Å²) in [4.78, 5) is 0. The number of hydrogen-bond donors (Lipinski definition) is 1. The lowest BCUT2D eigenvalue weighted by atomic mass is 10.0. The van der Waals surface area contributed by atoms with E-state index >= 15 is 0 Å². The molecule has 96 valence electrons. The summed E-state index contributed by atoms with van der Waals surface area (Å²) >= 11 is 3.49. The molecule has 1 aromatic carbocycles. The Labute approximate surface area is 111 Å². The van der Waals surface area contributed by atoms with Crippen molar-refractivity contribution < 1.29 is 9.47 Å². The maximum atomic E-state index is 5.85. The molecule has 0 heterocycles. The molecule has 0 saturated carbocycles. The first-order valence-corrected chi connectivity index (χ1v) is 6.59. The molecule has 4 heteroatoms. The molecule has 1 aromatic rings. The SMILES string of the molecule is CCOCOc1c(C)cc(Br)cc1CC(C)N. The van der Waals surface area contributed by atoms with E-state index in [4.69, 9.17) is 15.2 Å². The number of halogens is 1. The summed E-state index contributed by atoms with van der Waals surface area (Å²) in [5.74, 6) is 0.888. The van der Waals surface area contributed by atoms with E-state index in [1.807, 2.05) is 26.8 Å². The van der Waals surface area contributed by atoms with Gasteiger partial charge < -0.3 is 15.2 Å². The van der Waals surface area contributed by atoms with E-state index in [2.05, 4.69) is 22.0 Å². The zero-order valence-electron chi connectivity index (χ0n) is 10.6. The third-order valence-electron chi connectivity index (χ3n) is 2.35. The van der Waals surface area contributed by atoms with Crippen LogP contribution in [0.4, 0.5) is 0 Å². The molecule has 17 heavy (non-hydrogen) atoms. The summed E-state index contributed by atoms with van der Waals surface area (Å²) in [6.45, 7) is 6.89. The molecule has 0 saturated heterocycles. The highest BCUT2D eigenvalue weighted by Gasteiger charge is 2.10. The van der Waals surface area contributed by atoms with Gasteiger partial charge >= 0.3 is 0 Å². The molecule has 3 nitrogen and oxygen atoms in total. The van der Waals surface area contributed by atoms with Gasteiger partial charge in [0.15, 0.2) is 6.79 Å².